The summed E-state index contributed by atoms with van der Waals surface area (Å²) in [5, 5.41) is 8.78. The Bertz CT molecular complexity index is 332. The van der Waals surface area contributed by atoms with Gasteiger partial charge in [-0.15, -0.1) is 0 Å². The van der Waals surface area contributed by atoms with Crippen molar-refractivity contribution in [3.05, 3.63) is 0 Å². The maximum atomic E-state index is 11.8. The molecule has 0 saturated carbocycles. The minimum Gasteiger partial charge on any atom is -0.212 e. The molecule has 86 valence electrons. The van der Waals surface area contributed by atoms with Crippen LogP contribution in [0.1, 0.15) is 32.6 Å². The molecule has 0 aromatic heterocycles. The third-order valence-corrected chi connectivity index (χ3v) is 4.64. The zero-order valence-electron chi connectivity index (χ0n) is 9.15. The van der Waals surface area contributed by atoms with Crippen LogP contribution in [-0.2, 0) is 10.0 Å². The van der Waals surface area contributed by atoms with E-state index in [9.17, 15) is 8.42 Å². The molecule has 1 saturated heterocycles. The quantitative estimate of drug-likeness (QED) is 0.732. The van der Waals surface area contributed by atoms with Gasteiger partial charge in [-0.05, 0) is 19.3 Å². The van der Waals surface area contributed by atoms with Crippen LogP contribution >= 0.6 is 0 Å². The third kappa shape index (κ3) is 3.47. The number of nitrogens with zero attached hydrogens (tertiary/aromatic N) is 2. The summed E-state index contributed by atoms with van der Waals surface area (Å²) >= 11 is 0. The van der Waals surface area contributed by atoms with Gasteiger partial charge in [0.25, 0.3) is 0 Å². The first-order chi connectivity index (χ1) is 7.10. The summed E-state index contributed by atoms with van der Waals surface area (Å²) in [7, 11) is -3.11. The van der Waals surface area contributed by atoms with Crippen molar-refractivity contribution in [2.24, 2.45) is 5.92 Å². The van der Waals surface area contributed by atoms with Crippen molar-refractivity contribution in [2.45, 2.75) is 32.6 Å². The molecule has 0 radical (unpaired) electrons. The lowest BCUT2D eigenvalue weighted by Crippen LogP contribution is -2.40. The molecule has 1 atom stereocenters. The highest BCUT2D eigenvalue weighted by Gasteiger charge is 2.27. The predicted molar refractivity (Wildman–Crippen MR) is 58.6 cm³/mol. The molecule has 0 spiro atoms. The number of unbranched alkanes of at least 4 members (excludes halogenated alkanes) is 1. The van der Waals surface area contributed by atoms with E-state index in [4.69, 9.17) is 5.26 Å². The Balaban J connectivity index is 2.59. The Morgan fingerprint density at radius 1 is 1.53 bits per heavy atom. The van der Waals surface area contributed by atoms with Gasteiger partial charge in [0.05, 0.1) is 17.7 Å². The summed E-state index contributed by atoms with van der Waals surface area (Å²) in [6, 6.07) is 2.16. The topological polar surface area (TPSA) is 61.2 Å². The lowest BCUT2D eigenvalue weighted by molar-refractivity contribution is 0.305. The maximum Gasteiger partial charge on any atom is 0.214 e. The third-order valence-electron chi connectivity index (χ3n) is 2.72. The van der Waals surface area contributed by atoms with Gasteiger partial charge in [-0.1, -0.05) is 13.3 Å². The molecule has 15 heavy (non-hydrogen) atoms. The maximum absolute atomic E-state index is 11.8. The van der Waals surface area contributed by atoms with E-state index in [-0.39, 0.29) is 11.7 Å². The van der Waals surface area contributed by atoms with Gasteiger partial charge < -0.3 is 0 Å². The first-order valence-electron chi connectivity index (χ1n) is 5.47. The summed E-state index contributed by atoms with van der Waals surface area (Å²) < 4.78 is 25.1. The second kappa shape index (κ2) is 5.47. The summed E-state index contributed by atoms with van der Waals surface area (Å²) in [6.45, 7) is 2.95. The minimum atomic E-state index is -3.11. The highest BCUT2D eigenvalue weighted by atomic mass is 32.2. The number of rotatable bonds is 4. The second-order valence-electron chi connectivity index (χ2n) is 4.00. The number of sulfonamides is 1. The van der Waals surface area contributed by atoms with Crippen LogP contribution in [0.4, 0.5) is 0 Å². The van der Waals surface area contributed by atoms with Crippen molar-refractivity contribution in [1.82, 2.24) is 4.31 Å². The van der Waals surface area contributed by atoms with Crippen LogP contribution in [0.25, 0.3) is 0 Å². The standard InChI is InChI=1S/C10H18N2O2S/c1-2-3-7-15(13,14)12-6-4-5-10(8-11)9-12/h10H,2-7,9H2,1H3/t10-/m0/s1. The zero-order chi connectivity index (χ0) is 11.3. The average molecular weight is 230 g/mol. The normalized spacial score (nSPS) is 23.6. The zero-order valence-corrected chi connectivity index (χ0v) is 9.96. The van der Waals surface area contributed by atoms with Crippen molar-refractivity contribution in [2.75, 3.05) is 18.8 Å². The Morgan fingerprint density at radius 2 is 2.27 bits per heavy atom. The SMILES string of the molecule is CCCCS(=O)(=O)N1CCC[C@@H](C#N)C1. The molecule has 0 amide bonds. The van der Waals surface area contributed by atoms with Crippen LogP contribution < -0.4 is 0 Å². The molecule has 1 rings (SSSR count). The fraction of sp³-hybridized carbons (Fsp3) is 0.900. The molecular weight excluding hydrogens is 212 g/mol. The molecule has 4 nitrogen and oxygen atoms in total. The van der Waals surface area contributed by atoms with Crippen LogP contribution in [0.5, 0.6) is 0 Å². The van der Waals surface area contributed by atoms with E-state index in [2.05, 4.69) is 6.07 Å². The fourth-order valence-corrected chi connectivity index (χ4v) is 3.48. The molecule has 1 aliphatic heterocycles. The van der Waals surface area contributed by atoms with Gasteiger partial charge >= 0.3 is 0 Å². The highest BCUT2D eigenvalue weighted by Crippen LogP contribution is 2.19. The lowest BCUT2D eigenvalue weighted by atomic mass is 10.0. The van der Waals surface area contributed by atoms with E-state index in [1.807, 2.05) is 6.92 Å². The minimum absolute atomic E-state index is 0.116. The molecule has 0 unspecified atom stereocenters. The molecular formula is C10H18N2O2S. The van der Waals surface area contributed by atoms with Crippen molar-refractivity contribution in [3.8, 4) is 6.07 Å². The van der Waals surface area contributed by atoms with Crippen LogP contribution in [-0.4, -0.2) is 31.6 Å². The van der Waals surface area contributed by atoms with E-state index < -0.39 is 10.0 Å². The van der Waals surface area contributed by atoms with Gasteiger partial charge in [-0.25, -0.2) is 12.7 Å². The summed E-state index contributed by atoms with van der Waals surface area (Å²) in [5.41, 5.74) is 0. The van der Waals surface area contributed by atoms with Gasteiger partial charge in [0.1, 0.15) is 0 Å². The number of piperidine rings is 1. The molecule has 5 heteroatoms. The van der Waals surface area contributed by atoms with Crippen LogP contribution in [0, 0.1) is 17.2 Å². The van der Waals surface area contributed by atoms with Crippen LogP contribution in [0.15, 0.2) is 0 Å². The van der Waals surface area contributed by atoms with E-state index in [0.29, 0.717) is 19.5 Å². The van der Waals surface area contributed by atoms with E-state index >= 15 is 0 Å². The lowest BCUT2D eigenvalue weighted by Gasteiger charge is -2.28. The van der Waals surface area contributed by atoms with Crippen LogP contribution in [0.2, 0.25) is 0 Å². The average Bonchev–Trinajstić information content (AvgIpc) is 2.26. The van der Waals surface area contributed by atoms with Gasteiger partial charge in [0, 0.05) is 13.1 Å². The first-order valence-corrected chi connectivity index (χ1v) is 7.08. The largest absolute Gasteiger partial charge is 0.214 e. The van der Waals surface area contributed by atoms with Crippen molar-refractivity contribution >= 4 is 10.0 Å². The highest BCUT2D eigenvalue weighted by molar-refractivity contribution is 7.89. The Labute approximate surface area is 91.9 Å². The smallest absolute Gasteiger partial charge is 0.212 e. The molecule has 1 aliphatic rings. The van der Waals surface area contributed by atoms with E-state index in [1.54, 1.807) is 0 Å². The van der Waals surface area contributed by atoms with Crippen molar-refractivity contribution in [1.29, 1.82) is 5.26 Å². The molecule has 0 N–H and O–H groups in total. The fourth-order valence-electron chi connectivity index (χ4n) is 1.76. The second-order valence-corrected chi connectivity index (χ2v) is 6.08. The van der Waals surface area contributed by atoms with Gasteiger partial charge in [0.2, 0.25) is 10.0 Å². The van der Waals surface area contributed by atoms with E-state index in [0.717, 1.165) is 19.3 Å². The van der Waals surface area contributed by atoms with Crippen molar-refractivity contribution in [3.63, 3.8) is 0 Å². The Kier molecular flexibility index (Phi) is 4.55. The summed E-state index contributed by atoms with van der Waals surface area (Å²) in [5.74, 6) is 0.108. The molecule has 0 bridgehead atoms. The molecule has 1 fully saturated rings. The predicted octanol–water partition coefficient (Wildman–Crippen LogP) is 1.35. The summed E-state index contributed by atoms with van der Waals surface area (Å²) in [4.78, 5) is 0. The Hall–Kier alpha value is -0.600. The molecule has 0 aliphatic carbocycles. The number of hydrogen-bond donors (Lipinski definition) is 0. The van der Waals surface area contributed by atoms with Crippen molar-refractivity contribution < 1.29 is 8.42 Å². The first kappa shape index (κ1) is 12.5. The molecule has 1 heterocycles. The summed E-state index contributed by atoms with van der Waals surface area (Å²) in [6.07, 6.45) is 3.23. The molecule has 0 aromatic carbocycles. The monoisotopic (exact) mass is 230 g/mol. The van der Waals surface area contributed by atoms with Crippen LogP contribution in [0.3, 0.4) is 0 Å². The number of hydrogen-bond acceptors (Lipinski definition) is 3. The van der Waals surface area contributed by atoms with Gasteiger partial charge in [-0.2, -0.15) is 5.26 Å². The van der Waals surface area contributed by atoms with E-state index in [1.165, 1.54) is 4.31 Å². The van der Waals surface area contributed by atoms with Gasteiger partial charge in [-0.3, -0.25) is 0 Å². The Morgan fingerprint density at radius 3 is 2.87 bits per heavy atom. The molecule has 0 aromatic rings. The van der Waals surface area contributed by atoms with Gasteiger partial charge in [0.15, 0.2) is 0 Å². The number of nitriles is 1.